The van der Waals surface area contributed by atoms with Crippen LogP contribution in [-0.4, -0.2) is 48.9 Å². The van der Waals surface area contributed by atoms with E-state index in [9.17, 15) is 14.4 Å². The molecule has 6 heteroatoms. The first-order valence-electron chi connectivity index (χ1n) is 6.84. The fourth-order valence-electron chi connectivity index (χ4n) is 2.40. The molecule has 1 atom stereocenters. The van der Waals surface area contributed by atoms with Gasteiger partial charge in [-0.3, -0.25) is 9.59 Å². The second-order valence-corrected chi connectivity index (χ2v) is 4.82. The van der Waals surface area contributed by atoms with Crippen molar-refractivity contribution in [3.63, 3.8) is 0 Å². The quantitative estimate of drug-likeness (QED) is 0.823. The number of nitrogens with one attached hydrogen (secondary N) is 1. The molecule has 1 heterocycles. The van der Waals surface area contributed by atoms with Crippen LogP contribution in [0.4, 0.5) is 0 Å². The third kappa shape index (κ3) is 3.59. The predicted molar refractivity (Wildman–Crippen MR) is 75.5 cm³/mol. The number of nitrogens with zero attached hydrogens (tertiary/aromatic N) is 1. The number of hydrogen-bond donors (Lipinski definition) is 1. The third-order valence-electron chi connectivity index (χ3n) is 3.48. The Balaban J connectivity index is 1.90. The Kier molecular flexibility index (Phi) is 4.92. The van der Waals surface area contributed by atoms with Crippen LogP contribution in [0.1, 0.15) is 23.2 Å². The van der Waals surface area contributed by atoms with Crippen molar-refractivity contribution in [3.8, 4) is 0 Å². The summed E-state index contributed by atoms with van der Waals surface area (Å²) in [6.07, 6.45) is 1.36. The predicted octanol–water partition coefficient (Wildman–Crippen LogP) is 0.580. The third-order valence-corrected chi connectivity index (χ3v) is 3.48. The highest BCUT2D eigenvalue weighted by molar-refractivity contribution is 5.96. The van der Waals surface area contributed by atoms with Gasteiger partial charge in [0.25, 0.3) is 5.91 Å². The molecule has 6 nitrogen and oxygen atoms in total. The molecule has 1 aromatic carbocycles. The average Bonchev–Trinajstić information content (AvgIpc) is 3.02. The highest BCUT2D eigenvalue weighted by Gasteiger charge is 2.34. The maximum absolute atomic E-state index is 12.1. The van der Waals surface area contributed by atoms with E-state index in [1.807, 2.05) is 6.07 Å². The molecule has 112 valence electrons. The van der Waals surface area contributed by atoms with E-state index in [2.05, 4.69) is 10.1 Å². The Morgan fingerprint density at radius 2 is 2.00 bits per heavy atom. The summed E-state index contributed by atoms with van der Waals surface area (Å²) < 4.78 is 4.69. The van der Waals surface area contributed by atoms with E-state index >= 15 is 0 Å². The molecule has 1 aromatic rings. The molecule has 1 aliphatic rings. The van der Waals surface area contributed by atoms with Gasteiger partial charge in [0, 0.05) is 12.1 Å². The van der Waals surface area contributed by atoms with Gasteiger partial charge in [0.2, 0.25) is 5.91 Å². The summed E-state index contributed by atoms with van der Waals surface area (Å²) in [5, 5.41) is 2.57. The molecule has 1 N–H and O–H groups in total. The second-order valence-electron chi connectivity index (χ2n) is 4.82. The van der Waals surface area contributed by atoms with E-state index in [1.165, 1.54) is 12.0 Å². The summed E-state index contributed by atoms with van der Waals surface area (Å²) in [7, 11) is 1.31. The lowest BCUT2D eigenvalue weighted by Crippen LogP contribution is -2.45. The molecular formula is C15H18N2O4. The van der Waals surface area contributed by atoms with Crippen molar-refractivity contribution < 1.29 is 19.1 Å². The van der Waals surface area contributed by atoms with Crippen LogP contribution in [0, 0.1) is 0 Å². The van der Waals surface area contributed by atoms with Gasteiger partial charge in [0.05, 0.1) is 13.7 Å². The van der Waals surface area contributed by atoms with Gasteiger partial charge in [-0.15, -0.1) is 0 Å². The normalized spacial score (nSPS) is 17.4. The van der Waals surface area contributed by atoms with Crippen LogP contribution in [0.3, 0.4) is 0 Å². The maximum atomic E-state index is 12.1. The first-order valence-corrected chi connectivity index (χ1v) is 6.84. The first kappa shape index (κ1) is 15.0. The Morgan fingerprint density at radius 3 is 2.67 bits per heavy atom. The first-order chi connectivity index (χ1) is 10.1. The largest absolute Gasteiger partial charge is 0.467 e. The molecule has 1 saturated heterocycles. The number of methoxy groups -OCH3 is 1. The number of hydrogen-bond acceptors (Lipinski definition) is 4. The number of carbonyl (C=O) groups excluding carboxylic acids is 3. The molecule has 0 aromatic heterocycles. The van der Waals surface area contributed by atoms with Gasteiger partial charge in [0.1, 0.15) is 6.04 Å². The summed E-state index contributed by atoms with van der Waals surface area (Å²) in [4.78, 5) is 37.0. The van der Waals surface area contributed by atoms with Gasteiger partial charge in [-0.05, 0) is 25.0 Å². The fraction of sp³-hybridized carbons (Fsp3) is 0.400. The van der Waals surface area contributed by atoms with E-state index < -0.39 is 12.0 Å². The molecule has 2 amide bonds. The van der Waals surface area contributed by atoms with E-state index in [4.69, 9.17) is 0 Å². The fourth-order valence-corrected chi connectivity index (χ4v) is 2.40. The van der Waals surface area contributed by atoms with Gasteiger partial charge in [0.15, 0.2) is 0 Å². The molecule has 0 unspecified atom stereocenters. The Hall–Kier alpha value is -2.37. The number of carbonyl (C=O) groups is 3. The van der Waals surface area contributed by atoms with Crippen LogP contribution in [0.25, 0.3) is 0 Å². The summed E-state index contributed by atoms with van der Waals surface area (Å²) in [5.74, 6) is -0.986. The smallest absolute Gasteiger partial charge is 0.328 e. The molecule has 21 heavy (non-hydrogen) atoms. The molecule has 0 radical (unpaired) electrons. The molecule has 0 spiro atoms. The number of esters is 1. The number of likely N-dealkylation sites (tertiary alicyclic amines) is 1. The topological polar surface area (TPSA) is 75.7 Å². The zero-order valence-electron chi connectivity index (χ0n) is 11.9. The minimum Gasteiger partial charge on any atom is -0.467 e. The minimum absolute atomic E-state index is 0.124. The van der Waals surface area contributed by atoms with Crippen molar-refractivity contribution in [2.45, 2.75) is 18.9 Å². The average molecular weight is 290 g/mol. The highest BCUT2D eigenvalue weighted by atomic mass is 16.5. The van der Waals surface area contributed by atoms with E-state index in [0.717, 1.165) is 6.42 Å². The summed E-state index contributed by atoms with van der Waals surface area (Å²) in [6.45, 7) is 0.390. The molecule has 0 saturated carbocycles. The van der Waals surface area contributed by atoms with Crippen molar-refractivity contribution in [1.82, 2.24) is 10.2 Å². The van der Waals surface area contributed by atoms with Gasteiger partial charge in [-0.2, -0.15) is 0 Å². The van der Waals surface area contributed by atoms with Gasteiger partial charge in [-0.25, -0.2) is 4.79 Å². The number of amides is 2. The molecule has 0 aliphatic carbocycles. The number of ether oxygens (including phenoxy) is 1. The van der Waals surface area contributed by atoms with Crippen LogP contribution in [0.2, 0.25) is 0 Å². The van der Waals surface area contributed by atoms with Crippen molar-refractivity contribution >= 4 is 17.8 Å². The zero-order valence-corrected chi connectivity index (χ0v) is 11.9. The Morgan fingerprint density at radius 1 is 1.29 bits per heavy atom. The van der Waals surface area contributed by atoms with Gasteiger partial charge >= 0.3 is 5.97 Å². The van der Waals surface area contributed by atoms with Gasteiger partial charge in [-0.1, -0.05) is 18.2 Å². The lowest BCUT2D eigenvalue weighted by Gasteiger charge is -2.22. The summed E-state index contributed by atoms with van der Waals surface area (Å²) in [5.41, 5.74) is 0.497. The molecule has 0 bridgehead atoms. The standard InChI is InChI=1S/C15H18N2O4/c1-21-15(20)12-8-5-9-17(12)13(18)10-16-14(19)11-6-3-2-4-7-11/h2-4,6-7,12H,5,8-10H2,1H3,(H,16,19)/t12-/m1/s1. The van der Waals surface area contributed by atoms with E-state index in [0.29, 0.717) is 18.5 Å². The highest BCUT2D eigenvalue weighted by Crippen LogP contribution is 2.18. The maximum Gasteiger partial charge on any atom is 0.328 e. The zero-order chi connectivity index (χ0) is 15.2. The van der Waals surface area contributed by atoms with Crippen LogP contribution in [0.15, 0.2) is 30.3 Å². The summed E-state index contributed by atoms with van der Waals surface area (Å²) in [6, 6.07) is 8.14. The monoisotopic (exact) mass is 290 g/mol. The van der Waals surface area contributed by atoms with Crippen molar-refractivity contribution in [2.75, 3.05) is 20.2 Å². The molecule has 1 fully saturated rings. The van der Waals surface area contributed by atoms with Crippen LogP contribution >= 0.6 is 0 Å². The molecule has 1 aliphatic heterocycles. The second kappa shape index (κ2) is 6.88. The lowest BCUT2D eigenvalue weighted by atomic mass is 10.2. The van der Waals surface area contributed by atoms with Crippen molar-refractivity contribution in [1.29, 1.82) is 0 Å². The molecular weight excluding hydrogens is 272 g/mol. The van der Waals surface area contributed by atoms with E-state index in [-0.39, 0.29) is 18.4 Å². The lowest BCUT2D eigenvalue weighted by molar-refractivity contribution is -0.150. The van der Waals surface area contributed by atoms with Crippen LogP contribution in [-0.2, 0) is 14.3 Å². The van der Waals surface area contributed by atoms with Crippen molar-refractivity contribution in [3.05, 3.63) is 35.9 Å². The van der Waals surface area contributed by atoms with Crippen molar-refractivity contribution in [2.24, 2.45) is 0 Å². The van der Waals surface area contributed by atoms with Crippen LogP contribution in [0.5, 0.6) is 0 Å². The SMILES string of the molecule is COC(=O)[C@H]1CCCN1C(=O)CNC(=O)c1ccccc1. The van der Waals surface area contributed by atoms with Crippen LogP contribution < -0.4 is 5.32 Å². The number of benzene rings is 1. The Bertz CT molecular complexity index is 530. The number of rotatable bonds is 4. The van der Waals surface area contributed by atoms with E-state index in [1.54, 1.807) is 24.3 Å². The summed E-state index contributed by atoms with van der Waals surface area (Å²) >= 11 is 0. The Labute approximate surface area is 123 Å². The minimum atomic E-state index is -0.531. The molecule has 2 rings (SSSR count). The van der Waals surface area contributed by atoms with Gasteiger partial charge < -0.3 is 15.0 Å².